The molecule has 0 amide bonds. The van der Waals surface area contributed by atoms with Gasteiger partial charge in [-0.25, -0.2) is 8.78 Å². The lowest BCUT2D eigenvalue weighted by Crippen LogP contribution is -2.70. The van der Waals surface area contributed by atoms with Crippen LogP contribution in [0.2, 0.25) is 0 Å². The lowest BCUT2D eigenvalue weighted by Gasteiger charge is -2.63. The molecule has 2 aromatic rings. The highest BCUT2D eigenvalue weighted by atomic mass is 19.1. The topological polar surface area (TPSA) is 114 Å². The Morgan fingerprint density at radius 2 is 1.80 bits per heavy atom. The maximum atomic E-state index is 17.6. The first-order chi connectivity index (χ1) is 23.2. The van der Waals surface area contributed by atoms with Gasteiger partial charge in [0.05, 0.1) is 25.0 Å². The number of alkyl halides is 2. The highest BCUT2D eigenvalue weighted by Gasteiger charge is 2.80. The molecule has 8 nitrogen and oxygen atoms in total. The first-order valence-electron chi connectivity index (χ1n) is 17.2. The van der Waals surface area contributed by atoms with Crippen LogP contribution in [-0.2, 0) is 25.5 Å². The van der Waals surface area contributed by atoms with Crippen LogP contribution >= 0.6 is 0 Å². The molecule has 0 unspecified atom stereocenters. The Bertz CT molecular complexity index is 1730. The summed E-state index contributed by atoms with van der Waals surface area (Å²) in [6, 6.07) is 14.0. The number of allylic oxidation sites excluding steroid dienone is 4. The van der Waals surface area contributed by atoms with Gasteiger partial charge in [0.2, 0.25) is 0 Å². The van der Waals surface area contributed by atoms with Crippen molar-refractivity contribution in [2.45, 2.75) is 103 Å². The summed E-state index contributed by atoms with van der Waals surface area (Å²) in [5.74, 6) is -1.86. The van der Waals surface area contributed by atoms with Gasteiger partial charge in [-0.05, 0) is 93.4 Å². The summed E-state index contributed by atoms with van der Waals surface area (Å²) in [5.41, 5.74) is -2.95. The third-order valence-electron chi connectivity index (χ3n) is 12.3. The molecule has 0 spiro atoms. The Balaban J connectivity index is 0.00000432. The van der Waals surface area contributed by atoms with E-state index in [-0.39, 0.29) is 38.3 Å². The van der Waals surface area contributed by atoms with Crippen LogP contribution < -0.4 is 10.1 Å². The molecule has 7 rings (SSSR count). The summed E-state index contributed by atoms with van der Waals surface area (Å²) < 4.78 is 52.2. The molecular weight excluding hydrogens is 644 g/mol. The van der Waals surface area contributed by atoms with Crippen molar-refractivity contribution >= 4 is 17.3 Å². The number of ether oxygens (including phenoxy) is 3. The molecule has 0 radical (unpaired) electrons. The zero-order chi connectivity index (χ0) is 35.1. The van der Waals surface area contributed by atoms with Crippen molar-refractivity contribution in [2.24, 2.45) is 22.7 Å². The Kier molecular flexibility index (Phi) is 9.20. The second kappa shape index (κ2) is 12.7. The SMILES string of the molecule is C.COc1cc(Cc2ccc([C@@H]3O[C@@H]4C[C@H]5[C@@H]6C[C@H](F)C7=CC(=O)C=C[C@]7(C)[C@@]6(F)[C@@H](O)C[C@]5(C)[C@]4(C(=O)CO)O3)cc2)ccc1NC(C)C. The van der Waals surface area contributed by atoms with Gasteiger partial charge < -0.3 is 29.7 Å². The van der Waals surface area contributed by atoms with E-state index in [1.165, 1.54) is 12.2 Å². The summed E-state index contributed by atoms with van der Waals surface area (Å²) in [6.07, 6.45) is -0.788. The molecule has 270 valence electrons. The summed E-state index contributed by atoms with van der Waals surface area (Å²) in [4.78, 5) is 26.0. The quantitative estimate of drug-likeness (QED) is 0.292. The Hall–Kier alpha value is -3.44. The molecule has 4 fully saturated rings. The molecular formula is C40H49F2NO7. The van der Waals surface area contributed by atoms with E-state index in [0.29, 0.717) is 12.0 Å². The first kappa shape index (κ1) is 36.4. The number of Topliss-reactive ketones (excluding diaryl/α,β-unsaturated/α-hetero) is 1. The van der Waals surface area contributed by atoms with E-state index in [1.807, 2.05) is 36.4 Å². The molecule has 2 aromatic carbocycles. The molecule has 10 atom stereocenters. The van der Waals surface area contributed by atoms with Gasteiger partial charge in [0.1, 0.15) is 18.5 Å². The average molecular weight is 694 g/mol. The molecule has 5 aliphatic rings. The summed E-state index contributed by atoms with van der Waals surface area (Å²) in [6.45, 7) is 6.62. The predicted molar refractivity (Wildman–Crippen MR) is 185 cm³/mol. The zero-order valence-electron chi connectivity index (χ0n) is 28.5. The Labute approximate surface area is 292 Å². The maximum absolute atomic E-state index is 17.6. The third kappa shape index (κ3) is 5.04. The van der Waals surface area contributed by atoms with E-state index in [1.54, 1.807) is 21.0 Å². The molecule has 10 heteroatoms. The van der Waals surface area contributed by atoms with Gasteiger partial charge in [0, 0.05) is 28.4 Å². The summed E-state index contributed by atoms with van der Waals surface area (Å²) in [5, 5.41) is 25.3. The minimum absolute atomic E-state index is 0. The molecule has 0 aromatic heterocycles. The van der Waals surface area contributed by atoms with Gasteiger partial charge in [-0.15, -0.1) is 0 Å². The van der Waals surface area contributed by atoms with Crippen LogP contribution in [0.15, 0.2) is 66.3 Å². The number of carbonyl (C=O) groups excluding carboxylic acids is 2. The maximum Gasteiger partial charge on any atom is 0.193 e. The molecule has 0 bridgehead atoms. The smallest absolute Gasteiger partial charge is 0.193 e. The van der Waals surface area contributed by atoms with Crippen molar-refractivity contribution in [1.29, 1.82) is 0 Å². The molecule has 50 heavy (non-hydrogen) atoms. The number of anilines is 1. The molecule has 1 saturated heterocycles. The molecule has 1 heterocycles. The van der Waals surface area contributed by atoms with Crippen LogP contribution in [0.3, 0.4) is 0 Å². The van der Waals surface area contributed by atoms with Crippen LogP contribution in [0.5, 0.6) is 5.75 Å². The van der Waals surface area contributed by atoms with Gasteiger partial charge in [0.25, 0.3) is 0 Å². The number of ketones is 2. The second-order valence-corrected chi connectivity index (χ2v) is 15.2. The molecule has 3 saturated carbocycles. The zero-order valence-corrected chi connectivity index (χ0v) is 28.5. The van der Waals surface area contributed by atoms with Crippen molar-refractivity contribution in [3.63, 3.8) is 0 Å². The standard InChI is InChI=1S/C39H45F2NO7.CH4/c1-21(2)42-30-11-8-23(15-31(30)47-5)14-22-6-9-24(10-7-22)35-48-34-18-26-27-17-29(40)28-16-25(44)12-13-36(28,3)38(27,41)32(45)19-37(26,4)39(34,49-35)33(46)20-43;/h6-13,15-16,21,26-27,29,32,34-35,42-43,45H,14,17-20H2,1-5H3;1H4/t26-,27-,29-,32-,34+,35+,36-,37-,38-,39+;/m0./s1. The number of methoxy groups -OCH3 is 1. The molecule has 4 aliphatic carbocycles. The number of aliphatic hydroxyl groups is 2. The van der Waals surface area contributed by atoms with E-state index >= 15 is 8.78 Å². The van der Waals surface area contributed by atoms with Crippen molar-refractivity contribution in [3.05, 3.63) is 83.0 Å². The number of carbonyl (C=O) groups is 2. The minimum Gasteiger partial charge on any atom is -0.495 e. The van der Waals surface area contributed by atoms with E-state index in [4.69, 9.17) is 14.2 Å². The van der Waals surface area contributed by atoms with Crippen LogP contribution in [0.25, 0.3) is 0 Å². The highest BCUT2D eigenvalue weighted by molar-refractivity contribution is 6.01. The fraction of sp³-hybridized carbons (Fsp3) is 0.550. The van der Waals surface area contributed by atoms with Gasteiger partial charge in [-0.2, -0.15) is 0 Å². The normalized spacial score (nSPS) is 38.4. The lowest BCUT2D eigenvalue weighted by atomic mass is 9.44. The van der Waals surface area contributed by atoms with Crippen molar-refractivity contribution in [2.75, 3.05) is 19.0 Å². The third-order valence-corrected chi connectivity index (χ3v) is 12.3. The Morgan fingerprint density at radius 3 is 2.46 bits per heavy atom. The first-order valence-corrected chi connectivity index (χ1v) is 17.2. The van der Waals surface area contributed by atoms with Crippen molar-refractivity contribution in [1.82, 2.24) is 0 Å². The fourth-order valence-electron chi connectivity index (χ4n) is 10.0. The number of aliphatic hydroxyl groups excluding tert-OH is 2. The fourth-order valence-corrected chi connectivity index (χ4v) is 10.0. The largest absolute Gasteiger partial charge is 0.495 e. The van der Waals surface area contributed by atoms with Gasteiger partial charge >= 0.3 is 0 Å². The number of fused-ring (bicyclic) bond motifs is 7. The number of nitrogens with one attached hydrogen (secondary N) is 1. The minimum atomic E-state index is -2.30. The summed E-state index contributed by atoms with van der Waals surface area (Å²) in [7, 11) is 1.65. The van der Waals surface area contributed by atoms with Crippen molar-refractivity contribution in [3.8, 4) is 5.75 Å². The average Bonchev–Trinajstić information content (AvgIpc) is 3.57. The molecule has 1 aliphatic heterocycles. The van der Waals surface area contributed by atoms with Crippen LogP contribution in [0.4, 0.5) is 14.5 Å². The number of halogens is 2. The van der Waals surface area contributed by atoms with E-state index < -0.39 is 76.8 Å². The van der Waals surface area contributed by atoms with Crippen LogP contribution in [-0.4, -0.2) is 71.2 Å². The van der Waals surface area contributed by atoms with E-state index in [9.17, 15) is 19.8 Å². The van der Waals surface area contributed by atoms with E-state index in [0.717, 1.165) is 28.6 Å². The number of rotatable bonds is 8. The predicted octanol–water partition coefficient (Wildman–Crippen LogP) is 6.39. The highest BCUT2D eigenvalue weighted by Crippen LogP contribution is 2.72. The number of hydrogen-bond donors (Lipinski definition) is 3. The van der Waals surface area contributed by atoms with Crippen LogP contribution in [0.1, 0.15) is 77.4 Å². The van der Waals surface area contributed by atoms with Crippen molar-refractivity contribution < 1.29 is 42.8 Å². The van der Waals surface area contributed by atoms with Gasteiger partial charge in [-0.1, -0.05) is 50.8 Å². The monoisotopic (exact) mass is 693 g/mol. The van der Waals surface area contributed by atoms with Crippen LogP contribution in [0, 0.1) is 22.7 Å². The number of benzene rings is 2. The van der Waals surface area contributed by atoms with Gasteiger partial charge in [-0.3, -0.25) is 9.59 Å². The number of hydrogen-bond acceptors (Lipinski definition) is 8. The molecule has 3 N–H and O–H groups in total. The lowest BCUT2D eigenvalue weighted by molar-refractivity contribution is -0.235. The summed E-state index contributed by atoms with van der Waals surface area (Å²) >= 11 is 0. The van der Waals surface area contributed by atoms with E-state index in [2.05, 4.69) is 25.2 Å². The van der Waals surface area contributed by atoms with Gasteiger partial charge in [0.15, 0.2) is 29.1 Å². The second-order valence-electron chi connectivity index (χ2n) is 15.2. The Morgan fingerprint density at radius 1 is 1.10 bits per heavy atom.